The first kappa shape index (κ1) is 20.7. The van der Waals surface area contributed by atoms with Gasteiger partial charge in [-0.05, 0) is 37.5 Å². The van der Waals surface area contributed by atoms with Crippen molar-refractivity contribution >= 4 is 17.6 Å². The van der Waals surface area contributed by atoms with Gasteiger partial charge in [0, 0.05) is 12.7 Å². The summed E-state index contributed by atoms with van der Waals surface area (Å²) in [5, 5.41) is 14.9. The van der Waals surface area contributed by atoms with Crippen LogP contribution in [0.15, 0.2) is 66.4 Å². The predicted octanol–water partition coefficient (Wildman–Crippen LogP) is 3.43. The molecule has 0 aliphatic rings. The lowest BCUT2D eigenvalue weighted by atomic mass is 10.1. The van der Waals surface area contributed by atoms with E-state index < -0.39 is 11.9 Å². The maximum atomic E-state index is 12.4. The number of rotatable bonds is 9. The van der Waals surface area contributed by atoms with E-state index in [1.807, 2.05) is 24.3 Å². The van der Waals surface area contributed by atoms with Crippen molar-refractivity contribution < 1.29 is 14.3 Å². The molecular formula is C22H23N3O3. The number of nitrogens with one attached hydrogen (secondary N) is 2. The molecular weight excluding hydrogens is 354 g/mol. The second-order valence-electron chi connectivity index (χ2n) is 5.93. The molecule has 28 heavy (non-hydrogen) atoms. The van der Waals surface area contributed by atoms with E-state index in [2.05, 4.69) is 22.8 Å². The summed E-state index contributed by atoms with van der Waals surface area (Å²) < 4.78 is 4.98. The summed E-state index contributed by atoms with van der Waals surface area (Å²) in [7, 11) is 0. The molecule has 0 atom stereocenters. The van der Waals surface area contributed by atoms with E-state index in [1.54, 1.807) is 31.2 Å². The molecule has 0 heterocycles. The van der Waals surface area contributed by atoms with E-state index in [1.165, 1.54) is 11.8 Å². The van der Waals surface area contributed by atoms with Gasteiger partial charge >= 0.3 is 5.97 Å². The van der Waals surface area contributed by atoms with Gasteiger partial charge < -0.3 is 15.4 Å². The number of aryl methyl sites for hydroxylation is 1. The first-order valence-corrected chi connectivity index (χ1v) is 9.10. The Bertz CT molecular complexity index is 870. The summed E-state index contributed by atoms with van der Waals surface area (Å²) >= 11 is 0. The summed E-state index contributed by atoms with van der Waals surface area (Å²) in [6.45, 7) is 2.57. The fourth-order valence-corrected chi connectivity index (χ4v) is 2.53. The number of carbonyl (C=O) groups excluding carboxylic acids is 2. The van der Waals surface area contributed by atoms with Crippen LogP contribution in [0.4, 0.5) is 5.69 Å². The van der Waals surface area contributed by atoms with E-state index in [0.717, 1.165) is 12.8 Å². The van der Waals surface area contributed by atoms with Crippen molar-refractivity contribution in [3.05, 3.63) is 77.5 Å². The maximum Gasteiger partial charge on any atom is 0.340 e. The van der Waals surface area contributed by atoms with Gasteiger partial charge in [-0.3, -0.25) is 4.79 Å². The van der Waals surface area contributed by atoms with E-state index in [-0.39, 0.29) is 17.7 Å². The molecule has 0 aliphatic heterocycles. The zero-order valence-electron chi connectivity index (χ0n) is 15.8. The minimum absolute atomic E-state index is 0.0710. The summed E-state index contributed by atoms with van der Waals surface area (Å²) in [5.41, 5.74) is 1.71. The standard InChI is InChI=1S/C22H23N3O3/c1-2-28-22(27)19-12-6-7-13-20(19)25-21(26)18(15-23)16-24-14-8-11-17-9-4-3-5-10-17/h3-7,9-10,12-13,16,24H,2,8,11,14H2,1H3,(H,25,26)/b18-16-. The highest BCUT2D eigenvalue weighted by Gasteiger charge is 2.16. The molecule has 2 aromatic rings. The van der Waals surface area contributed by atoms with Crippen LogP contribution in [-0.2, 0) is 16.0 Å². The summed E-state index contributed by atoms with van der Waals surface area (Å²) in [6.07, 6.45) is 3.17. The SMILES string of the molecule is CCOC(=O)c1ccccc1NC(=O)/C(C#N)=C\NCCCc1ccccc1. The Morgan fingerprint density at radius 2 is 1.82 bits per heavy atom. The van der Waals surface area contributed by atoms with Crippen LogP contribution in [-0.4, -0.2) is 25.0 Å². The number of hydrogen-bond acceptors (Lipinski definition) is 5. The lowest BCUT2D eigenvalue weighted by Crippen LogP contribution is -2.19. The van der Waals surface area contributed by atoms with Gasteiger partial charge in [0.2, 0.25) is 0 Å². The summed E-state index contributed by atoms with van der Waals surface area (Å²) in [6, 6.07) is 18.5. The van der Waals surface area contributed by atoms with E-state index in [0.29, 0.717) is 12.2 Å². The molecule has 0 spiro atoms. The lowest BCUT2D eigenvalue weighted by Gasteiger charge is -2.10. The highest BCUT2D eigenvalue weighted by Crippen LogP contribution is 2.17. The van der Waals surface area contributed by atoms with E-state index in [9.17, 15) is 14.9 Å². The largest absolute Gasteiger partial charge is 0.462 e. The minimum Gasteiger partial charge on any atom is -0.462 e. The second kappa shape index (κ2) is 11.2. The molecule has 1 amide bonds. The molecule has 144 valence electrons. The molecule has 2 rings (SSSR count). The molecule has 0 unspecified atom stereocenters. The van der Waals surface area contributed by atoms with Gasteiger partial charge in [0.1, 0.15) is 11.6 Å². The van der Waals surface area contributed by atoms with Crippen LogP contribution in [0.1, 0.15) is 29.3 Å². The number of ether oxygens (including phenoxy) is 1. The molecule has 2 N–H and O–H groups in total. The van der Waals surface area contributed by atoms with Crippen LogP contribution in [0, 0.1) is 11.3 Å². The first-order valence-electron chi connectivity index (χ1n) is 9.10. The fraction of sp³-hybridized carbons (Fsp3) is 0.227. The smallest absolute Gasteiger partial charge is 0.340 e. The quantitative estimate of drug-likeness (QED) is 0.302. The van der Waals surface area contributed by atoms with Crippen molar-refractivity contribution in [2.45, 2.75) is 19.8 Å². The molecule has 0 saturated heterocycles. The third-order valence-corrected chi connectivity index (χ3v) is 3.91. The maximum absolute atomic E-state index is 12.4. The van der Waals surface area contributed by atoms with Gasteiger partial charge in [0.15, 0.2) is 0 Å². The number of esters is 1. The molecule has 0 saturated carbocycles. The fourth-order valence-electron chi connectivity index (χ4n) is 2.53. The molecule has 2 aromatic carbocycles. The number of para-hydroxylation sites is 1. The Morgan fingerprint density at radius 1 is 1.11 bits per heavy atom. The Balaban J connectivity index is 1.92. The van der Waals surface area contributed by atoms with Crippen molar-refractivity contribution in [2.75, 3.05) is 18.5 Å². The van der Waals surface area contributed by atoms with Gasteiger partial charge in [0.25, 0.3) is 5.91 Å². The highest BCUT2D eigenvalue weighted by atomic mass is 16.5. The molecule has 0 fully saturated rings. The summed E-state index contributed by atoms with van der Waals surface area (Å²) in [4.78, 5) is 24.3. The average Bonchev–Trinajstić information content (AvgIpc) is 2.72. The first-order chi connectivity index (χ1) is 13.7. The van der Waals surface area contributed by atoms with Crippen LogP contribution in [0.2, 0.25) is 0 Å². The van der Waals surface area contributed by atoms with Crippen LogP contribution in [0.25, 0.3) is 0 Å². The minimum atomic E-state index is -0.588. The van der Waals surface area contributed by atoms with Gasteiger partial charge in [0.05, 0.1) is 17.9 Å². The van der Waals surface area contributed by atoms with Gasteiger partial charge in [-0.2, -0.15) is 5.26 Å². The van der Waals surface area contributed by atoms with Crippen molar-refractivity contribution in [3.8, 4) is 6.07 Å². The number of anilines is 1. The third kappa shape index (κ3) is 6.29. The van der Waals surface area contributed by atoms with Crippen molar-refractivity contribution in [3.63, 3.8) is 0 Å². The molecule has 6 nitrogen and oxygen atoms in total. The summed E-state index contributed by atoms with van der Waals surface area (Å²) in [5.74, 6) is -1.12. The topological polar surface area (TPSA) is 91.2 Å². The van der Waals surface area contributed by atoms with Gasteiger partial charge in [-0.15, -0.1) is 0 Å². The Labute approximate surface area is 164 Å². The molecule has 0 aliphatic carbocycles. The monoisotopic (exact) mass is 377 g/mol. The molecule has 0 bridgehead atoms. The zero-order chi connectivity index (χ0) is 20.2. The number of amides is 1. The number of nitriles is 1. The zero-order valence-corrected chi connectivity index (χ0v) is 15.8. The number of nitrogens with zero attached hydrogens (tertiary/aromatic N) is 1. The van der Waals surface area contributed by atoms with E-state index in [4.69, 9.17) is 4.74 Å². The van der Waals surface area contributed by atoms with Crippen LogP contribution in [0.5, 0.6) is 0 Å². The molecule has 0 radical (unpaired) electrons. The second-order valence-corrected chi connectivity index (χ2v) is 5.93. The number of carbonyl (C=O) groups is 2. The highest BCUT2D eigenvalue weighted by molar-refractivity contribution is 6.09. The number of benzene rings is 2. The molecule has 6 heteroatoms. The van der Waals surface area contributed by atoms with Gasteiger partial charge in [-0.25, -0.2) is 4.79 Å². The van der Waals surface area contributed by atoms with Crippen LogP contribution in [0.3, 0.4) is 0 Å². The Kier molecular flexibility index (Phi) is 8.28. The Hall–Kier alpha value is -3.59. The predicted molar refractivity (Wildman–Crippen MR) is 107 cm³/mol. The van der Waals surface area contributed by atoms with Crippen molar-refractivity contribution in [1.29, 1.82) is 5.26 Å². The van der Waals surface area contributed by atoms with Gasteiger partial charge in [-0.1, -0.05) is 42.5 Å². The van der Waals surface area contributed by atoms with Crippen molar-refractivity contribution in [2.24, 2.45) is 0 Å². The van der Waals surface area contributed by atoms with Crippen LogP contribution >= 0.6 is 0 Å². The van der Waals surface area contributed by atoms with Crippen molar-refractivity contribution in [1.82, 2.24) is 5.32 Å². The molecule has 0 aromatic heterocycles. The number of hydrogen-bond donors (Lipinski definition) is 2. The lowest BCUT2D eigenvalue weighted by molar-refractivity contribution is -0.112. The Morgan fingerprint density at radius 3 is 2.54 bits per heavy atom. The van der Waals surface area contributed by atoms with Crippen LogP contribution < -0.4 is 10.6 Å². The normalized spacial score (nSPS) is 10.6. The average molecular weight is 377 g/mol. The third-order valence-electron chi connectivity index (χ3n) is 3.91. The van der Waals surface area contributed by atoms with E-state index >= 15 is 0 Å².